The Kier molecular flexibility index (Phi) is 7.90. The molecule has 1 aliphatic rings. The van der Waals surface area contributed by atoms with Crippen molar-refractivity contribution in [2.45, 2.75) is 52.9 Å². The molecule has 1 aliphatic heterocycles. The molecule has 0 saturated carbocycles. The van der Waals surface area contributed by atoms with Crippen LogP contribution in [0.1, 0.15) is 39.7 Å². The maximum Gasteiger partial charge on any atom is 0.303 e. The molecule has 1 heterocycles. The number of carbonyl (C=O) groups is 1. The van der Waals surface area contributed by atoms with E-state index in [0.29, 0.717) is 32.2 Å². The maximum atomic E-state index is 11.3. The van der Waals surface area contributed by atoms with Crippen molar-refractivity contribution in [3.05, 3.63) is 47.0 Å². The van der Waals surface area contributed by atoms with Crippen molar-refractivity contribution >= 4 is 5.97 Å². The topological polar surface area (TPSA) is 44.8 Å². The molecule has 0 bridgehead atoms. The molecule has 4 heteroatoms. The fraction of sp³-hybridized carbons (Fsp3) is 0.500. The van der Waals surface area contributed by atoms with Crippen LogP contribution in [0.5, 0.6) is 0 Å². The summed E-state index contributed by atoms with van der Waals surface area (Å²) >= 11 is 0. The Bertz CT molecular complexity index is 679. The van der Waals surface area contributed by atoms with Crippen LogP contribution in [0.4, 0.5) is 0 Å². The summed E-state index contributed by atoms with van der Waals surface area (Å²) in [7, 11) is 0. The highest BCUT2D eigenvalue weighted by atomic mass is 16.6. The van der Waals surface area contributed by atoms with Crippen LogP contribution in [0.3, 0.4) is 0 Å². The summed E-state index contributed by atoms with van der Waals surface area (Å²) in [6.45, 7) is 9.16. The molecular weight excluding hydrogens is 328 g/mol. The fourth-order valence-electron chi connectivity index (χ4n) is 2.86. The Morgan fingerprint density at radius 1 is 1.31 bits per heavy atom. The summed E-state index contributed by atoms with van der Waals surface area (Å²) in [5.74, 6) is 6.42. The second-order valence-electron chi connectivity index (χ2n) is 6.78. The van der Waals surface area contributed by atoms with Gasteiger partial charge in [-0.05, 0) is 24.0 Å². The standard InChI is InChI=1S/C22H28O4/c1-16(2)22-20(17(3)21(15-25-22)26-18(4)23)12-8-9-13-24-14-19-10-6-5-7-11-19/h5-7,10-11,16,21-22H,9,13-15H2,1-4H3/t21-,22+/m0/s1. The monoisotopic (exact) mass is 356 g/mol. The van der Waals surface area contributed by atoms with Crippen molar-refractivity contribution in [3.63, 3.8) is 0 Å². The lowest BCUT2D eigenvalue weighted by atomic mass is 9.90. The van der Waals surface area contributed by atoms with E-state index in [0.717, 1.165) is 16.7 Å². The summed E-state index contributed by atoms with van der Waals surface area (Å²) < 4.78 is 16.9. The lowest BCUT2D eigenvalue weighted by Crippen LogP contribution is -2.37. The van der Waals surface area contributed by atoms with Crippen molar-refractivity contribution < 1.29 is 19.0 Å². The molecule has 1 aromatic carbocycles. The van der Waals surface area contributed by atoms with Crippen LogP contribution >= 0.6 is 0 Å². The molecule has 4 nitrogen and oxygen atoms in total. The van der Waals surface area contributed by atoms with E-state index in [1.54, 1.807) is 0 Å². The first-order valence-corrected chi connectivity index (χ1v) is 9.09. The quantitative estimate of drug-likeness (QED) is 0.440. The number of hydrogen-bond donors (Lipinski definition) is 0. The summed E-state index contributed by atoms with van der Waals surface area (Å²) in [5, 5.41) is 0. The zero-order valence-corrected chi connectivity index (χ0v) is 16.1. The Morgan fingerprint density at radius 2 is 2.04 bits per heavy atom. The molecule has 0 saturated heterocycles. The third-order valence-corrected chi connectivity index (χ3v) is 4.24. The number of carbonyl (C=O) groups excluding carboxylic acids is 1. The van der Waals surface area contributed by atoms with E-state index < -0.39 is 0 Å². The van der Waals surface area contributed by atoms with Gasteiger partial charge in [-0.25, -0.2) is 0 Å². The van der Waals surface area contributed by atoms with Crippen LogP contribution in [0.15, 0.2) is 41.5 Å². The highest BCUT2D eigenvalue weighted by molar-refractivity contribution is 5.66. The van der Waals surface area contributed by atoms with Crippen molar-refractivity contribution in [3.8, 4) is 11.8 Å². The van der Waals surface area contributed by atoms with E-state index in [1.807, 2.05) is 37.3 Å². The molecule has 2 rings (SSSR count). The van der Waals surface area contributed by atoms with Gasteiger partial charge in [0.25, 0.3) is 0 Å². The van der Waals surface area contributed by atoms with Crippen LogP contribution in [-0.4, -0.2) is 31.4 Å². The van der Waals surface area contributed by atoms with E-state index in [4.69, 9.17) is 14.2 Å². The third kappa shape index (κ3) is 6.01. The van der Waals surface area contributed by atoms with E-state index >= 15 is 0 Å². The largest absolute Gasteiger partial charge is 0.456 e. The van der Waals surface area contributed by atoms with E-state index in [9.17, 15) is 4.79 Å². The summed E-state index contributed by atoms with van der Waals surface area (Å²) in [6.07, 6.45) is 0.243. The molecule has 140 valence electrons. The summed E-state index contributed by atoms with van der Waals surface area (Å²) in [6, 6.07) is 10.1. The molecule has 26 heavy (non-hydrogen) atoms. The lowest BCUT2D eigenvalue weighted by molar-refractivity contribution is -0.149. The van der Waals surface area contributed by atoms with Crippen molar-refractivity contribution in [2.24, 2.45) is 5.92 Å². The maximum absolute atomic E-state index is 11.3. The summed E-state index contributed by atoms with van der Waals surface area (Å²) in [4.78, 5) is 11.3. The Balaban J connectivity index is 1.94. The van der Waals surface area contributed by atoms with Gasteiger partial charge in [-0.3, -0.25) is 4.79 Å². The highest BCUT2D eigenvalue weighted by Crippen LogP contribution is 2.27. The highest BCUT2D eigenvalue weighted by Gasteiger charge is 2.31. The Morgan fingerprint density at radius 3 is 2.69 bits per heavy atom. The SMILES string of the molecule is CC(=O)O[C@H]1CO[C@H](C(C)C)C(C#CCCOCc2ccccc2)=C1C. The van der Waals surface area contributed by atoms with Crippen LogP contribution in [0.2, 0.25) is 0 Å². The molecule has 0 unspecified atom stereocenters. The van der Waals surface area contributed by atoms with Crippen LogP contribution < -0.4 is 0 Å². The minimum Gasteiger partial charge on any atom is -0.456 e. The van der Waals surface area contributed by atoms with Crippen molar-refractivity contribution in [1.29, 1.82) is 0 Å². The second-order valence-corrected chi connectivity index (χ2v) is 6.78. The Hall–Kier alpha value is -2.09. The average molecular weight is 356 g/mol. The van der Waals surface area contributed by atoms with Crippen LogP contribution in [0, 0.1) is 17.8 Å². The van der Waals surface area contributed by atoms with Crippen LogP contribution in [-0.2, 0) is 25.6 Å². The second kappa shape index (κ2) is 10.2. The normalized spacial score (nSPS) is 19.9. The first kappa shape index (κ1) is 20.2. The van der Waals surface area contributed by atoms with Gasteiger partial charge in [-0.1, -0.05) is 56.0 Å². The molecule has 2 atom stereocenters. The van der Waals surface area contributed by atoms with Gasteiger partial charge in [0.1, 0.15) is 6.10 Å². The van der Waals surface area contributed by atoms with E-state index in [1.165, 1.54) is 6.92 Å². The summed E-state index contributed by atoms with van der Waals surface area (Å²) in [5.41, 5.74) is 3.08. The molecule has 0 aromatic heterocycles. The van der Waals surface area contributed by atoms with Gasteiger partial charge in [0.2, 0.25) is 0 Å². The van der Waals surface area contributed by atoms with E-state index in [-0.39, 0.29) is 18.2 Å². The average Bonchev–Trinajstić information content (AvgIpc) is 2.61. The van der Waals surface area contributed by atoms with Gasteiger partial charge >= 0.3 is 5.97 Å². The predicted molar refractivity (Wildman–Crippen MR) is 101 cm³/mol. The van der Waals surface area contributed by atoms with Gasteiger partial charge in [0, 0.05) is 18.9 Å². The zero-order valence-electron chi connectivity index (χ0n) is 16.1. The first-order valence-electron chi connectivity index (χ1n) is 9.09. The number of hydrogen-bond acceptors (Lipinski definition) is 4. The van der Waals surface area contributed by atoms with Gasteiger partial charge in [-0.2, -0.15) is 0 Å². The minimum atomic E-state index is -0.346. The van der Waals surface area contributed by atoms with Gasteiger partial charge < -0.3 is 14.2 Å². The molecule has 0 amide bonds. The van der Waals surface area contributed by atoms with Gasteiger partial charge in [0.15, 0.2) is 0 Å². The molecule has 0 N–H and O–H groups in total. The molecule has 0 aliphatic carbocycles. The van der Waals surface area contributed by atoms with E-state index in [2.05, 4.69) is 25.7 Å². The fourth-order valence-corrected chi connectivity index (χ4v) is 2.86. The Labute approximate surface area is 156 Å². The predicted octanol–water partition coefficient (Wildman–Crippen LogP) is 3.90. The van der Waals surface area contributed by atoms with Gasteiger partial charge in [0.05, 0.1) is 25.9 Å². The zero-order chi connectivity index (χ0) is 18.9. The molecule has 1 aromatic rings. The number of rotatable bonds is 6. The number of benzene rings is 1. The van der Waals surface area contributed by atoms with Crippen molar-refractivity contribution in [2.75, 3.05) is 13.2 Å². The minimum absolute atomic E-state index is 0.0560. The van der Waals surface area contributed by atoms with Gasteiger partial charge in [-0.15, -0.1) is 0 Å². The molecular formula is C22H28O4. The third-order valence-electron chi connectivity index (χ3n) is 4.24. The van der Waals surface area contributed by atoms with Crippen molar-refractivity contribution in [1.82, 2.24) is 0 Å². The smallest absolute Gasteiger partial charge is 0.303 e. The lowest BCUT2D eigenvalue weighted by Gasteiger charge is -2.32. The molecule has 0 radical (unpaired) electrons. The van der Waals surface area contributed by atoms with Crippen LogP contribution in [0.25, 0.3) is 0 Å². The number of esters is 1. The molecule has 0 spiro atoms. The molecule has 0 fully saturated rings. The number of ether oxygens (including phenoxy) is 3. The first-order chi connectivity index (χ1) is 12.5.